The number of fused-ring (bicyclic) bond motifs is 6. The number of aromatic nitrogens is 4. The van der Waals surface area contributed by atoms with E-state index in [0.717, 1.165) is 126 Å². The normalized spacial score (nSPS) is 25.8. The minimum Gasteiger partial charge on any atom is -0.464 e. The van der Waals surface area contributed by atoms with Gasteiger partial charge in [-0.3, -0.25) is 39.2 Å². The van der Waals surface area contributed by atoms with Crippen molar-refractivity contribution in [1.82, 2.24) is 45.1 Å². The number of methoxy groups -OCH3 is 2. The molecular formula is C62H84N10O7S. The maximum absolute atomic E-state index is 15.4. The molecule has 6 bridgehead atoms. The molecule has 11 rings (SSSR count). The van der Waals surface area contributed by atoms with Gasteiger partial charge in [0.1, 0.15) is 17.1 Å². The molecule has 8 heterocycles. The van der Waals surface area contributed by atoms with Gasteiger partial charge < -0.3 is 33.7 Å². The number of pyridine rings is 2. The predicted octanol–water partition coefficient (Wildman–Crippen LogP) is 8.73. The van der Waals surface area contributed by atoms with Crippen LogP contribution < -0.4 is 15.6 Å². The number of carbonyl (C=O) groups excluding carboxylic acids is 3. The minimum absolute atomic E-state index is 0.0509. The number of benzene rings is 1. The van der Waals surface area contributed by atoms with Crippen molar-refractivity contribution >= 4 is 45.7 Å². The number of rotatable bonds is 16. The molecule has 2 aliphatic carbocycles. The van der Waals surface area contributed by atoms with Crippen LogP contribution in [0.5, 0.6) is 0 Å². The molecule has 430 valence electrons. The Balaban J connectivity index is 1.05. The number of esters is 1. The Kier molecular flexibility index (Phi) is 16.6. The molecule has 2 amide bonds. The highest BCUT2D eigenvalue weighted by Crippen LogP contribution is 2.53. The zero-order chi connectivity index (χ0) is 56.0. The molecule has 1 unspecified atom stereocenters. The molecule has 2 saturated carbocycles. The van der Waals surface area contributed by atoms with Crippen LogP contribution in [0.2, 0.25) is 0 Å². The Labute approximate surface area is 476 Å². The van der Waals surface area contributed by atoms with Gasteiger partial charge in [-0.15, -0.1) is 11.3 Å². The van der Waals surface area contributed by atoms with Gasteiger partial charge in [-0.2, -0.15) is 0 Å². The fourth-order valence-electron chi connectivity index (χ4n) is 13.2. The number of ether oxygens (including phenoxy) is 4. The van der Waals surface area contributed by atoms with Crippen molar-refractivity contribution in [3.63, 3.8) is 0 Å². The number of carbonyl (C=O) groups is 3. The van der Waals surface area contributed by atoms with Crippen LogP contribution in [0.15, 0.2) is 60.2 Å². The number of anilines is 1. The topological polar surface area (TPSA) is 169 Å². The Morgan fingerprint density at radius 1 is 0.963 bits per heavy atom. The van der Waals surface area contributed by atoms with Crippen molar-refractivity contribution in [3.05, 3.63) is 82.2 Å². The maximum Gasteiger partial charge on any atom is 0.324 e. The predicted molar refractivity (Wildman–Crippen MR) is 311 cm³/mol. The van der Waals surface area contributed by atoms with E-state index in [9.17, 15) is 9.59 Å². The van der Waals surface area contributed by atoms with Crippen LogP contribution in [0.1, 0.15) is 133 Å². The van der Waals surface area contributed by atoms with Gasteiger partial charge in [-0.1, -0.05) is 32.9 Å². The Hall–Kier alpha value is -5.34. The van der Waals surface area contributed by atoms with E-state index >= 15 is 4.79 Å². The van der Waals surface area contributed by atoms with Gasteiger partial charge in [-0.05, 0) is 128 Å². The largest absolute Gasteiger partial charge is 0.464 e. The summed E-state index contributed by atoms with van der Waals surface area (Å²) in [6, 6.07) is 13.2. The molecule has 4 aromatic heterocycles. The average molecular weight is 1110 g/mol. The molecular weight excluding hydrogens is 1030 g/mol. The van der Waals surface area contributed by atoms with Gasteiger partial charge in [0.2, 0.25) is 5.91 Å². The molecule has 1 aromatic carbocycles. The first-order chi connectivity index (χ1) is 38.5. The summed E-state index contributed by atoms with van der Waals surface area (Å²) < 4.78 is 27.5. The third-order valence-corrected chi connectivity index (χ3v) is 19.0. The van der Waals surface area contributed by atoms with E-state index in [-0.39, 0.29) is 54.0 Å². The number of cyclic esters (lactones) is 1. The summed E-state index contributed by atoms with van der Waals surface area (Å²) in [5.74, 6) is -1.23. The van der Waals surface area contributed by atoms with Gasteiger partial charge in [-0.25, -0.2) is 10.4 Å². The number of piperazine rings is 1. The average Bonchev–Trinajstić information content (AvgIpc) is 4.42. The second kappa shape index (κ2) is 23.5. The lowest BCUT2D eigenvalue weighted by Gasteiger charge is -2.39. The van der Waals surface area contributed by atoms with E-state index in [1.54, 1.807) is 25.4 Å². The molecule has 5 fully saturated rings. The van der Waals surface area contributed by atoms with Crippen LogP contribution in [0, 0.1) is 17.3 Å². The van der Waals surface area contributed by atoms with Crippen LogP contribution in [0.25, 0.3) is 33.4 Å². The van der Waals surface area contributed by atoms with Crippen molar-refractivity contribution in [2.24, 2.45) is 17.3 Å². The van der Waals surface area contributed by atoms with Crippen molar-refractivity contribution in [2.75, 3.05) is 78.1 Å². The lowest BCUT2D eigenvalue weighted by molar-refractivity contribution is -0.156. The molecule has 5 aromatic rings. The van der Waals surface area contributed by atoms with E-state index in [4.69, 9.17) is 28.9 Å². The summed E-state index contributed by atoms with van der Waals surface area (Å²) in [6.07, 6.45) is 10.3. The first-order valence-electron chi connectivity index (χ1n) is 29.5. The van der Waals surface area contributed by atoms with E-state index in [1.165, 1.54) is 24.2 Å². The number of thiazole rings is 1. The Morgan fingerprint density at radius 2 is 1.75 bits per heavy atom. The van der Waals surface area contributed by atoms with E-state index < -0.39 is 29.5 Å². The summed E-state index contributed by atoms with van der Waals surface area (Å²) in [5.41, 5.74) is 11.1. The second-order valence-electron chi connectivity index (χ2n) is 25.0. The van der Waals surface area contributed by atoms with Crippen molar-refractivity contribution < 1.29 is 33.3 Å². The first kappa shape index (κ1) is 56.5. The summed E-state index contributed by atoms with van der Waals surface area (Å²) >= 11 is 1.53. The lowest BCUT2D eigenvalue weighted by atomic mass is 9.84. The molecule has 6 aliphatic rings. The molecule has 2 N–H and O–H groups in total. The standard InChI is InChI=1S/C62H84N10O7S/c1-38(33-62(6,7)77-9)78-30-29-71-50-20-17-41-31-44(50)46(55(71)45-32-43(35-64-53(45)40(3)76-8)69-27-25-68(26-28-69)42-18-19-42)34-61(4,5)37-79-60(75)48-16-14-24-72(67-48)59(74)54(56(70-22-12-13-23-70)58-65-49(41)36-80-58)66-57(73)52-39(2)51(52)47-15-10-11-21-63-47/h10-11,15,17,20-21,31-32,35-36,38-40,42,48,51-52,54,56,67H,12-14,16,18-19,22-30,33-34,37H2,1-9H3,(H,66,73)/t38?,39-,40-,48-,51-,52+,54-,56-/m0/s1. The number of hydrogen-bond donors (Lipinski definition) is 2. The third kappa shape index (κ3) is 12.0. The Bertz CT molecular complexity index is 3020. The van der Waals surface area contributed by atoms with Crippen LogP contribution in [-0.4, -0.2) is 155 Å². The first-order valence-corrected chi connectivity index (χ1v) is 30.4. The second-order valence-corrected chi connectivity index (χ2v) is 25.9. The summed E-state index contributed by atoms with van der Waals surface area (Å²) in [5, 5.41) is 8.81. The van der Waals surface area contributed by atoms with E-state index in [0.29, 0.717) is 39.0 Å². The summed E-state index contributed by atoms with van der Waals surface area (Å²) in [4.78, 5) is 67.4. The molecule has 0 spiro atoms. The van der Waals surface area contributed by atoms with Crippen LogP contribution in [-0.2, 0) is 46.3 Å². The van der Waals surface area contributed by atoms with Crippen molar-refractivity contribution in [3.8, 4) is 22.5 Å². The minimum atomic E-state index is -0.997. The van der Waals surface area contributed by atoms with Gasteiger partial charge in [0.05, 0.1) is 66.0 Å². The third-order valence-electron chi connectivity index (χ3n) is 18.1. The van der Waals surface area contributed by atoms with Gasteiger partial charge in [0, 0.05) is 123 Å². The van der Waals surface area contributed by atoms with Gasteiger partial charge in [0.15, 0.2) is 0 Å². The van der Waals surface area contributed by atoms with Gasteiger partial charge >= 0.3 is 5.97 Å². The number of hydrazine groups is 1. The molecule has 8 atom stereocenters. The number of nitrogens with one attached hydrogen (secondary N) is 2. The number of nitrogens with zero attached hydrogens (tertiary/aromatic N) is 8. The van der Waals surface area contributed by atoms with Crippen molar-refractivity contribution in [1.29, 1.82) is 0 Å². The lowest BCUT2D eigenvalue weighted by Crippen LogP contribution is -2.62. The van der Waals surface area contributed by atoms with E-state index in [2.05, 4.69) is 113 Å². The summed E-state index contributed by atoms with van der Waals surface area (Å²) in [6.45, 7) is 21.7. The zero-order valence-electron chi connectivity index (χ0n) is 48.5. The Morgan fingerprint density at radius 3 is 2.48 bits per heavy atom. The molecule has 3 saturated heterocycles. The monoisotopic (exact) mass is 1110 g/mol. The SMILES string of the molecule is CO[C@@H](C)c1ncc(N2CCN(C3CC3)CC2)cc1-c1c2c3cc(ccc3n1CCOC(C)CC(C)(C)OC)-c1csc(n1)[C@@H](N1CCCC1)[C@H](NC(=O)[C@@H]1[C@@H](C)[C@H]1c1ccccn1)C(=O)N1CCC[C@H](N1)C(=O)OCC(C)(C)C2. The maximum atomic E-state index is 15.4. The van der Waals surface area contributed by atoms with Crippen molar-refractivity contribution in [2.45, 2.75) is 154 Å². The van der Waals surface area contributed by atoms with Crippen LogP contribution in [0.3, 0.4) is 0 Å². The number of hydrogen-bond acceptors (Lipinski definition) is 15. The smallest absolute Gasteiger partial charge is 0.324 e. The molecule has 17 nitrogen and oxygen atoms in total. The quantitative estimate of drug-likeness (QED) is 0.0900. The molecule has 0 radical (unpaired) electrons. The van der Waals surface area contributed by atoms with E-state index in [1.807, 2.05) is 24.4 Å². The molecule has 80 heavy (non-hydrogen) atoms. The van der Waals surface area contributed by atoms with Crippen LogP contribution in [0.4, 0.5) is 5.69 Å². The zero-order valence-corrected chi connectivity index (χ0v) is 49.4. The van der Waals surface area contributed by atoms with Crippen LogP contribution >= 0.6 is 11.3 Å². The fourth-order valence-corrected chi connectivity index (χ4v) is 14.2. The molecule has 18 heteroatoms. The number of amides is 2. The highest BCUT2D eigenvalue weighted by molar-refractivity contribution is 7.10. The number of likely N-dealkylation sites (tertiary alicyclic amines) is 1. The summed E-state index contributed by atoms with van der Waals surface area (Å²) in [7, 11) is 3.49. The molecule has 4 aliphatic heterocycles. The highest BCUT2D eigenvalue weighted by Gasteiger charge is 2.55. The highest BCUT2D eigenvalue weighted by atomic mass is 32.1. The fraction of sp³-hybridized carbons (Fsp3) is 0.613. The van der Waals surface area contributed by atoms with Gasteiger partial charge in [0.25, 0.3) is 5.91 Å².